The van der Waals surface area contributed by atoms with Crippen LogP contribution in [0.4, 0.5) is 0 Å². The number of fused-ring (bicyclic) bond motifs is 1. The van der Waals surface area contributed by atoms with Crippen LogP contribution in [0.15, 0.2) is 16.0 Å². The van der Waals surface area contributed by atoms with Crippen molar-refractivity contribution >= 4 is 27.5 Å². The lowest BCUT2D eigenvalue weighted by Gasteiger charge is -2.31. The highest BCUT2D eigenvalue weighted by atomic mass is 32.1. The van der Waals surface area contributed by atoms with Gasteiger partial charge in [-0.15, -0.1) is 11.3 Å². The molecule has 1 amide bonds. The Kier molecular flexibility index (Phi) is 5.65. The van der Waals surface area contributed by atoms with Crippen LogP contribution in [0.2, 0.25) is 0 Å². The van der Waals surface area contributed by atoms with E-state index in [-0.39, 0.29) is 5.92 Å². The van der Waals surface area contributed by atoms with Crippen LogP contribution in [0.1, 0.15) is 69.9 Å². The first-order valence-electron chi connectivity index (χ1n) is 11.6. The molecule has 0 bridgehead atoms. The van der Waals surface area contributed by atoms with E-state index in [4.69, 9.17) is 4.52 Å². The number of nitrogens with zero attached hydrogens (tertiary/aromatic N) is 2. The number of carbonyl (C=O) groups is 1. The number of thiophene rings is 1. The van der Waals surface area contributed by atoms with E-state index < -0.39 is 0 Å². The Morgan fingerprint density at radius 2 is 2.03 bits per heavy atom. The highest BCUT2D eigenvalue weighted by molar-refractivity contribution is 7.17. The van der Waals surface area contributed by atoms with Gasteiger partial charge >= 0.3 is 0 Å². The summed E-state index contributed by atoms with van der Waals surface area (Å²) < 4.78 is 6.69. The average molecular weight is 416 g/mol. The van der Waals surface area contributed by atoms with Gasteiger partial charge in [0, 0.05) is 24.4 Å². The number of aromatic nitrogens is 1. The molecule has 29 heavy (non-hydrogen) atoms. The minimum Gasteiger partial charge on any atom is -0.355 e. The van der Waals surface area contributed by atoms with E-state index in [2.05, 4.69) is 27.7 Å². The second-order valence-corrected chi connectivity index (χ2v) is 10.4. The minimum absolute atomic E-state index is 0.262. The van der Waals surface area contributed by atoms with E-state index in [0.717, 1.165) is 56.1 Å². The van der Waals surface area contributed by atoms with Crippen molar-refractivity contribution in [2.45, 2.75) is 70.3 Å². The summed E-state index contributed by atoms with van der Waals surface area (Å²) in [6.07, 6.45) is 9.57. The van der Waals surface area contributed by atoms with Gasteiger partial charge in [0.2, 0.25) is 5.91 Å². The second-order valence-electron chi connectivity index (χ2n) is 9.49. The summed E-state index contributed by atoms with van der Waals surface area (Å²) >= 11 is 1.74. The van der Waals surface area contributed by atoms with Gasteiger partial charge in [-0.1, -0.05) is 18.5 Å². The van der Waals surface area contributed by atoms with Crippen LogP contribution >= 0.6 is 11.3 Å². The number of likely N-dealkylation sites (tertiary alicyclic amines) is 1. The summed E-state index contributed by atoms with van der Waals surface area (Å²) in [4.78, 5) is 15.2. The van der Waals surface area contributed by atoms with Gasteiger partial charge in [-0.3, -0.25) is 4.79 Å². The number of rotatable bonds is 6. The fourth-order valence-electron chi connectivity index (χ4n) is 5.47. The van der Waals surface area contributed by atoms with Crippen LogP contribution < -0.4 is 5.32 Å². The third-order valence-electron chi connectivity index (χ3n) is 7.60. The SMILES string of the molecule is CCC1CCC(NC(=O)[C@H]2CC2CN2CCC(c3noc4ccsc34)CC2)CC1. The fraction of sp³-hybridized carbons (Fsp3) is 0.739. The molecule has 2 aromatic rings. The van der Waals surface area contributed by atoms with Gasteiger partial charge < -0.3 is 14.7 Å². The molecule has 0 aromatic carbocycles. The molecule has 2 aliphatic carbocycles. The van der Waals surface area contributed by atoms with Crippen LogP contribution in [-0.2, 0) is 4.79 Å². The zero-order valence-electron chi connectivity index (χ0n) is 17.4. The molecule has 2 aromatic heterocycles. The normalized spacial score (nSPS) is 31.2. The molecular formula is C23H33N3O2S. The predicted molar refractivity (Wildman–Crippen MR) is 116 cm³/mol. The number of carbonyl (C=O) groups excluding carboxylic acids is 1. The molecule has 0 radical (unpaired) electrons. The first-order chi connectivity index (χ1) is 14.2. The standard InChI is InChI=1S/C23H33N3O2S/c1-2-15-3-5-18(6-4-15)24-23(27)19-13-17(19)14-26-10-7-16(8-11-26)21-22-20(28-25-21)9-12-29-22/h9,12,15-19H,2-8,10-11,13-14H2,1H3,(H,24,27)/t15?,17?,18?,19-/m0/s1. The van der Waals surface area contributed by atoms with Crippen molar-refractivity contribution in [1.82, 2.24) is 15.4 Å². The van der Waals surface area contributed by atoms with Crippen molar-refractivity contribution in [3.8, 4) is 0 Å². The van der Waals surface area contributed by atoms with Gasteiger partial charge in [-0.25, -0.2) is 0 Å². The van der Waals surface area contributed by atoms with Gasteiger partial charge in [0.25, 0.3) is 0 Å². The molecule has 1 saturated heterocycles. The van der Waals surface area contributed by atoms with E-state index in [9.17, 15) is 4.79 Å². The van der Waals surface area contributed by atoms with Gasteiger partial charge in [0.05, 0.1) is 4.70 Å². The highest BCUT2D eigenvalue weighted by Gasteiger charge is 2.44. The van der Waals surface area contributed by atoms with Crippen molar-refractivity contribution in [3.63, 3.8) is 0 Å². The maximum atomic E-state index is 12.6. The minimum atomic E-state index is 0.262. The molecule has 1 unspecified atom stereocenters. The predicted octanol–water partition coefficient (Wildman–Crippen LogP) is 4.79. The maximum absolute atomic E-state index is 12.6. The Morgan fingerprint density at radius 3 is 2.79 bits per heavy atom. The van der Waals surface area contributed by atoms with Crippen LogP contribution in [0, 0.1) is 17.8 Å². The molecule has 1 N–H and O–H groups in total. The topological polar surface area (TPSA) is 58.4 Å². The van der Waals surface area contributed by atoms with Crippen molar-refractivity contribution in [2.75, 3.05) is 19.6 Å². The van der Waals surface area contributed by atoms with Gasteiger partial charge in [0.1, 0.15) is 5.69 Å². The zero-order valence-corrected chi connectivity index (χ0v) is 18.3. The number of hydrogen-bond donors (Lipinski definition) is 1. The first kappa shape index (κ1) is 19.6. The zero-order chi connectivity index (χ0) is 19.8. The molecule has 2 saturated carbocycles. The third-order valence-corrected chi connectivity index (χ3v) is 8.52. The summed E-state index contributed by atoms with van der Waals surface area (Å²) in [5, 5.41) is 9.79. The molecule has 0 spiro atoms. The molecule has 5 rings (SSSR count). The van der Waals surface area contributed by atoms with Gasteiger partial charge in [0.15, 0.2) is 5.58 Å². The fourth-order valence-corrected chi connectivity index (χ4v) is 6.34. The van der Waals surface area contributed by atoms with Crippen LogP contribution in [-0.4, -0.2) is 41.6 Å². The Morgan fingerprint density at radius 1 is 1.24 bits per heavy atom. The summed E-state index contributed by atoms with van der Waals surface area (Å²) in [7, 11) is 0. The quantitative estimate of drug-likeness (QED) is 0.737. The highest BCUT2D eigenvalue weighted by Crippen LogP contribution is 2.41. The Balaban J connectivity index is 1.05. The molecule has 6 heteroatoms. The van der Waals surface area contributed by atoms with Crippen LogP contribution in [0.25, 0.3) is 10.3 Å². The third kappa shape index (κ3) is 4.24. The van der Waals surface area contributed by atoms with Gasteiger partial charge in [-0.05, 0) is 81.3 Å². The molecular weight excluding hydrogens is 382 g/mol. The Hall–Kier alpha value is -1.40. The van der Waals surface area contributed by atoms with Crippen molar-refractivity contribution in [3.05, 3.63) is 17.1 Å². The molecule has 5 nitrogen and oxygen atoms in total. The van der Waals surface area contributed by atoms with E-state index >= 15 is 0 Å². The van der Waals surface area contributed by atoms with Crippen LogP contribution in [0.3, 0.4) is 0 Å². The Bertz CT molecular complexity index is 830. The molecule has 3 fully saturated rings. The Labute approximate surface area is 177 Å². The second kappa shape index (κ2) is 8.38. The number of nitrogens with one attached hydrogen (secondary N) is 1. The van der Waals surface area contributed by atoms with E-state index in [0.29, 0.717) is 23.8 Å². The molecule has 1 aliphatic heterocycles. The molecule has 2 atom stereocenters. The lowest BCUT2D eigenvalue weighted by Crippen LogP contribution is -2.39. The van der Waals surface area contributed by atoms with Crippen molar-refractivity contribution in [2.24, 2.45) is 17.8 Å². The number of piperidine rings is 1. The summed E-state index contributed by atoms with van der Waals surface area (Å²) in [6, 6.07) is 2.44. The lowest BCUT2D eigenvalue weighted by atomic mass is 9.84. The van der Waals surface area contributed by atoms with E-state index in [1.54, 1.807) is 11.3 Å². The molecule has 3 heterocycles. The summed E-state index contributed by atoms with van der Waals surface area (Å²) in [5.74, 6) is 2.55. The van der Waals surface area contributed by atoms with E-state index in [1.165, 1.54) is 36.8 Å². The average Bonchev–Trinajstić information content (AvgIpc) is 3.16. The molecule has 3 aliphatic rings. The van der Waals surface area contributed by atoms with Gasteiger partial charge in [-0.2, -0.15) is 0 Å². The number of hydrogen-bond acceptors (Lipinski definition) is 5. The van der Waals surface area contributed by atoms with Crippen LogP contribution in [0.5, 0.6) is 0 Å². The maximum Gasteiger partial charge on any atom is 0.223 e. The number of amides is 1. The van der Waals surface area contributed by atoms with Crippen molar-refractivity contribution in [1.29, 1.82) is 0 Å². The monoisotopic (exact) mass is 415 g/mol. The summed E-state index contributed by atoms with van der Waals surface area (Å²) in [6.45, 7) is 5.59. The van der Waals surface area contributed by atoms with E-state index in [1.807, 2.05) is 6.07 Å². The van der Waals surface area contributed by atoms with Crippen molar-refractivity contribution < 1.29 is 9.32 Å². The largest absolute Gasteiger partial charge is 0.355 e. The molecule has 158 valence electrons. The lowest BCUT2D eigenvalue weighted by molar-refractivity contribution is -0.123. The first-order valence-corrected chi connectivity index (χ1v) is 12.4. The smallest absolute Gasteiger partial charge is 0.223 e. The summed E-state index contributed by atoms with van der Waals surface area (Å²) in [5.41, 5.74) is 2.10.